The normalized spacial score (nSPS) is 22.7. The van der Waals surface area contributed by atoms with Crippen LogP contribution >= 0.6 is 11.3 Å². The van der Waals surface area contributed by atoms with Crippen molar-refractivity contribution in [2.75, 3.05) is 31.1 Å². The van der Waals surface area contributed by atoms with Crippen molar-refractivity contribution in [3.05, 3.63) is 34.8 Å². The van der Waals surface area contributed by atoms with Crippen molar-refractivity contribution in [2.24, 2.45) is 7.05 Å². The van der Waals surface area contributed by atoms with Gasteiger partial charge < -0.3 is 14.7 Å². The number of carbonyl (C=O) groups is 3. The molecule has 0 bridgehead atoms. The Morgan fingerprint density at radius 3 is 2.74 bits per heavy atom. The van der Waals surface area contributed by atoms with Gasteiger partial charge in [-0.3, -0.25) is 19.1 Å². The van der Waals surface area contributed by atoms with E-state index in [4.69, 9.17) is 0 Å². The van der Waals surface area contributed by atoms with Gasteiger partial charge in [-0.25, -0.2) is 0 Å². The predicted octanol–water partition coefficient (Wildman–Crippen LogP) is 0.962. The molecule has 2 saturated heterocycles. The number of piperazine rings is 1. The molecule has 2 fully saturated rings. The van der Waals surface area contributed by atoms with Crippen LogP contribution in [0.15, 0.2) is 29.9 Å². The van der Waals surface area contributed by atoms with Crippen molar-refractivity contribution < 1.29 is 14.4 Å². The first-order valence-electron chi connectivity index (χ1n) is 8.80. The quantitative estimate of drug-likeness (QED) is 0.769. The van der Waals surface area contributed by atoms with Crippen LogP contribution in [0.1, 0.15) is 23.0 Å². The molecule has 2 aliphatic heterocycles. The minimum Gasteiger partial charge on any atom is -0.335 e. The van der Waals surface area contributed by atoms with E-state index in [9.17, 15) is 14.4 Å². The van der Waals surface area contributed by atoms with Gasteiger partial charge in [0, 0.05) is 33.3 Å². The standard InChI is InChI=1S/C18H21N5O3S/c1-13(24)23-10-16(25)22(14-8-19-20(2)9-14)12-18(23)5-6-21(11-18)17(26)15-4-3-7-27-15/h3-4,7-9H,5-6,10-12H2,1-2H3/t18-/m0/s1. The third-order valence-corrected chi connectivity index (χ3v) is 6.21. The average molecular weight is 387 g/mol. The maximum Gasteiger partial charge on any atom is 0.264 e. The van der Waals surface area contributed by atoms with Gasteiger partial charge in [-0.1, -0.05) is 6.07 Å². The maximum absolute atomic E-state index is 12.8. The summed E-state index contributed by atoms with van der Waals surface area (Å²) in [4.78, 5) is 43.6. The summed E-state index contributed by atoms with van der Waals surface area (Å²) in [6.07, 6.45) is 4.09. The van der Waals surface area contributed by atoms with Gasteiger partial charge in [0.25, 0.3) is 5.91 Å². The van der Waals surface area contributed by atoms with Crippen molar-refractivity contribution in [3.63, 3.8) is 0 Å². The molecule has 0 aromatic carbocycles. The Bertz CT molecular complexity index is 893. The zero-order valence-corrected chi connectivity index (χ0v) is 16.1. The number of thiophene rings is 1. The number of carbonyl (C=O) groups excluding carboxylic acids is 3. The topological polar surface area (TPSA) is 78.8 Å². The Morgan fingerprint density at radius 1 is 1.30 bits per heavy atom. The van der Waals surface area contributed by atoms with E-state index in [1.165, 1.54) is 18.3 Å². The summed E-state index contributed by atoms with van der Waals surface area (Å²) >= 11 is 1.41. The van der Waals surface area contributed by atoms with Gasteiger partial charge in [-0.15, -0.1) is 11.3 Å². The van der Waals surface area contributed by atoms with E-state index in [1.54, 1.807) is 38.8 Å². The van der Waals surface area contributed by atoms with E-state index >= 15 is 0 Å². The van der Waals surface area contributed by atoms with Crippen LogP contribution in [-0.2, 0) is 16.6 Å². The van der Waals surface area contributed by atoms with Crippen LogP contribution < -0.4 is 4.90 Å². The van der Waals surface area contributed by atoms with Gasteiger partial charge in [0.15, 0.2) is 0 Å². The molecule has 0 N–H and O–H groups in total. The first-order chi connectivity index (χ1) is 12.9. The smallest absolute Gasteiger partial charge is 0.264 e. The monoisotopic (exact) mass is 387 g/mol. The molecule has 2 aliphatic rings. The minimum atomic E-state index is -0.567. The van der Waals surface area contributed by atoms with Gasteiger partial charge in [0.05, 0.1) is 28.8 Å². The summed E-state index contributed by atoms with van der Waals surface area (Å²) in [6, 6.07) is 3.67. The van der Waals surface area contributed by atoms with E-state index in [0.29, 0.717) is 36.6 Å². The molecule has 27 heavy (non-hydrogen) atoms. The van der Waals surface area contributed by atoms with Crippen molar-refractivity contribution in [1.29, 1.82) is 0 Å². The van der Waals surface area contributed by atoms with E-state index < -0.39 is 5.54 Å². The molecule has 0 unspecified atom stereocenters. The van der Waals surface area contributed by atoms with Crippen LogP contribution in [0.3, 0.4) is 0 Å². The number of rotatable bonds is 2. The van der Waals surface area contributed by atoms with Gasteiger partial charge >= 0.3 is 0 Å². The van der Waals surface area contributed by atoms with Crippen molar-refractivity contribution >= 4 is 34.7 Å². The fourth-order valence-corrected chi connectivity index (χ4v) is 4.71. The summed E-state index contributed by atoms with van der Waals surface area (Å²) < 4.78 is 1.65. The first kappa shape index (κ1) is 17.7. The SMILES string of the molecule is CC(=O)N1CC(=O)N(c2cnn(C)c2)C[C@@]12CCN(C(=O)c1cccs1)C2. The summed E-state index contributed by atoms with van der Waals surface area (Å²) in [5.74, 6) is -0.290. The maximum atomic E-state index is 12.8. The second kappa shape index (κ2) is 6.49. The van der Waals surface area contributed by atoms with E-state index in [1.807, 2.05) is 17.5 Å². The molecule has 1 atom stereocenters. The largest absolute Gasteiger partial charge is 0.335 e. The third kappa shape index (κ3) is 3.01. The molecule has 3 amide bonds. The molecule has 1 spiro atoms. The zero-order chi connectivity index (χ0) is 19.2. The van der Waals surface area contributed by atoms with Gasteiger partial charge in [0.2, 0.25) is 11.8 Å². The average Bonchev–Trinajstić information content (AvgIpc) is 3.37. The predicted molar refractivity (Wildman–Crippen MR) is 101 cm³/mol. The third-order valence-electron chi connectivity index (χ3n) is 5.35. The Hall–Kier alpha value is -2.68. The molecular formula is C18H21N5O3S. The lowest BCUT2D eigenvalue weighted by Crippen LogP contribution is -2.67. The molecule has 8 nitrogen and oxygen atoms in total. The van der Waals surface area contributed by atoms with Gasteiger partial charge in [0.1, 0.15) is 6.54 Å². The molecule has 2 aromatic rings. The molecule has 9 heteroatoms. The highest BCUT2D eigenvalue weighted by Gasteiger charge is 2.51. The Morgan fingerprint density at radius 2 is 2.11 bits per heavy atom. The van der Waals surface area contributed by atoms with Crippen molar-refractivity contribution in [1.82, 2.24) is 19.6 Å². The molecular weight excluding hydrogens is 366 g/mol. The van der Waals surface area contributed by atoms with Crippen LogP contribution in [-0.4, -0.2) is 69.0 Å². The number of aromatic nitrogens is 2. The Kier molecular flexibility index (Phi) is 4.26. The number of nitrogens with zero attached hydrogens (tertiary/aromatic N) is 5. The summed E-state index contributed by atoms with van der Waals surface area (Å²) in [7, 11) is 1.80. The van der Waals surface area contributed by atoms with Crippen molar-refractivity contribution in [2.45, 2.75) is 18.9 Å². The highest BCUT2D eigenvalue weighted by atomic mass is 32.1. The Balaban J connectivity index is 1.62. The fourth-order valence-electron chi connectivity index (χ4n) is 4.02. The number of likely N-dealkylation sites (tertiary alicyclic amines) is 1. The van der Waals surface area contributed by atoms with Gasteiger partial charge in [-0.2, -0.15) is 5.10 Å². The number of aryl methyl sites for hydroxylation is 1. The molecule has 4 heterocycles. The zero-order valence-electron chi connectivity index (χ0n) is 15.3. The lowest BCUT2D eigenvalue weighted by atomic mass is 9.92. The van der Waals surface area contributed by atoms with E-state index in [-0.39, 0.29) is 24.3 Å². The van der Waals surface area contributed by atoms with E-state index in [0.717, 1.165) is 0 Å². The Labute approximate surface area is 161 Å². The van der Waals surface area contributed by atoms with Crippen LogP contribution in [0.25, 0.3) is 0 Å². The molecule has 4 rings (SSSR count). The molecule has 0 saturated carbocycles. The molecule has 142 valence electrons. The van der Waals surface area contributed by atoms with Gasteiger partial charge in [-0.05, 0) is 17.9 Å². The number of anilines is 1. The second-order valence-electron chi connectivity index (χ2n) is 7.14. The van der Waals surface area contributed by atoms with Crippen molar-refractivity contribution in [3.8, 4) is 0 Å². The second-order valence-corrected chi connectivity index (χ2v) is 8.08. The highest BCUT2D eigenvalue weighted by molar-refractivity contribution is 7.12. The fraction of sp³-hybridized carbons (Fsp3) is 0.444. The molecule has 2 aromatic heterocycles. The van der Waals surface area contributed by atoms with E-state index in [2.05, 4.69) is 5.10 Å². The summed E-state index contributed by atoms with van der Waals surface area (Å²) in [5.41, 5.74) is 0.149. The van der Waals surface area contributed by atoms with Crippen LogP contribution in [0, 0.1) is 0 Å². The number of hydrogen-bond acceptors (Lipinski definition) is 5. The molecule has 0 radical (unpaired) electrons. The number of amides is 3. The van der Waals surface area contributed by atoms with Crippen LogP contribution in [0.5, 0.6) is 0 Å². The summed E-state index contributed by atoms with van der Waals surface area (Å²) in [5, 5.41) is 6.03. The lowest BCUT2D eigenvalue weighted by molar-refractivity contribution is -0.142. The first-order valence-corrected chi connectivity index (χ1v) is 9.68. The van der Waals surface area contributed by atoms with Crippen LogP contribution in [0.2, 0.25) is 0 Å². The summed E-state index contributed by atoms with van der Waals surface area (Å²) in [6.45, 7) is 2.86. The minimum absolute atomic E-state index is 0.0183. The number of hydrogen-bond donors (Lipinski definition) is 0. The highest BCUT2D eigenvalue weighted by Crippen LogP contribution is 2.35. The lowest BCUT2D eigenvalue weighted by Gasteiger charge is -2.47. The van der Waals surface area contributed by atoms with Crippen LogP contribution in [0.4, 0.5) is 5.69 Å². The molecule has 0 aliphatic carbocycles.